The molecule has 1 aliphatic heterocycles. The lowest BCUT2D eigenvalue weighted by Gasteiger charge is -2.17. The molecule has 2 amide bonds. The molecule has 25 heavy (non-hydrogen) atoms. The molecule has 0 saturated carbocycles. The number of hydrogen-bond acceptors (Lipinski definition) is 5. The molecule has 1 aliphatic rings. The monoisotopic (exact) mass is 387 g/mol. The van der Waals surface area contributed by atoms with Gasteiger partial charge < -0.3 is 10.1 Å². The van der Waals surface area contributed by atoms with E-state index in [-0.39, 0.29) is 17.9 Å². The normalized spacial score (nSPS) is 17.5. The number of carbonyl (C=O) groups excluding carboxylic acids is 2. The van der Waals surface area contributed by atoms with Gasteiger partial charge in [0, 0.05) is 0 Å². The second kappa shape index (κ2) is 6.49. The predicted octanol–water partition coefficient (Wildman–Crippen LogP) is 2.00. The third-order valence-electron chi connectivity index (χ3n) is 3.41. The number of benzene rings is 1. The number of nitrogens with zero attached hydrogens (tertiary/aromatic N) is 4. The molecular formula is C14H12Cl2FN5O3. The summed E-state index contributed by atoms with van der Waals surface area (Å²) in [6.07, 6.45) is 1.22. The predicted molar refractivity (Wildman–Crippen MR) is 87.2 cm³/mol. The number of aromatic nitrogens is 3. The molecule has 8 nitrogen and oxygen atoms in total. The summed E-state index contributed by atoms with van der Waals surface area (Å²) in [4.78, 5) is 24.9. The summed E-state index contributed by atoms with van der Waals surface area (Å²) < 4.78 is 18.9. The van der Waals surface area contributed by atoms with Gasteiger partial charge in [-0.05, 0) is 25.1 Å². The highest BCUT2D eigenvalue weighted by Crippen LogP contribution is 2.25. The van der Waals surface area contributed by atoms with Gasteiger partial charge >= 0.3 is 6.09 Å². The van der Waals surface area contributed by atoms with Crippen LogP contribution in [0.1, 0.15) is 6.92 Å². The maximum atomic E-state index is 14.3. The van der Waals surface area contributed by atoms with Crippen LogP contribution in [0, 0.1) is 5.82 Å². The first-order chi connectivity index (χ1) is 11.8. The summed E-state index contributed by atoms with van der Waals surface area (Å²) in [5, 5.41) is 9.71. The molecule has 2 heterocycles. The van der Waals surface area contributed by atoms with Crippen molar-refractivity contribution in [3.05, 3.63) is 36.4 Å². The molecule has 1 aromatic carbocycles. The van der Waals surface area contributed by atoms with Gasteiger partial charge in [-0.3, -0.25) is 9.69 Å². The first-order valence-corrected chi connectivity index (χ1v) is 7.84. The average Bonchev–Trinajstić information content (AvgIpc) is 3.16. The van der Waals surface area contributed by atoms with E-state index < -0.39 is 28.4 Å². The highest BCUT2D eigenvalue weighted by Gasteiger charge is 2.37. The smallest absolute Gasteiger partial charge is 0.416 e. The van der Waals surface area contributed by atoms with Crippen LogP contribution in [0.2, 0.25) is 0 Å². The molecule has 1 atom stereocenters. The molecule has 1 saturated heterocycles. The Morgan fingerprint density at radius 3 is 2.84 bits per heavy atom. The summed E-state index contributed by atoms with van der Waals surface area (Å²) >= 11 is 11.4. The highest BCUT2D eigenvalue weighted by atomic mass is 35.5. The highest BCUT2D eigenvalue weighted by molar-refractivity contribution is 6.57. The van der Waals surface area contributed by atoms with Crippen molar-refractivity contribution in [3.8, 4) is 5.69 Å². The Labute approximate surface area is 151 Å². The lowest BCUT2D eigenvalue weighted by Crippen LogP contribution is -2.44. The average molecular weight is 388 g/mol. The van der Waals surface area contributed by atoms with Crippen LogP contribution >= 0.6 is 23.2 Å². The van der Waals surface area contributed by atoms with Gasteiger partial charge in [0.15, 0.2) is 16.4 Å². The van der Waals surface area contributed by atoms with Crippen molar-refractivity contribution in [2.45, 2.75) is 17.5 Å². The van der Waals surface area contributed by atoms with Crippen molar-refractivity contribution >= 4 is 40.9 Å². The van der Waals surface area contributed by atoms with Crippen LogP contribution in [0.3, 0.4) is 0 Å². The van der Waals surface area contributed by atoms with E-state index in [4.69, 9.17) is 27.9 Å². The number of cyclic esters (lactones) is 1. The van der Waals surface area contributed by atoms with Gasteiger partial charge in [-0.15, -0.1) is 5.10 Å². The maximum Gasteiger partial charge on any atom is 0.416 e. The molecule has 1 N–H and O–H groups in total. The summed E-state index contributed by atoms with van der Waals surface area (Å²) in [5.74, 6) is -1.31. The molecule has 0 spiro atoms. The topological polar surface area (TPSA) is 89.4 Å². The number of nitrogens with one attached hydrogen (secondary N) is 1. The van der Waals surface area contributed by atoms with Crippen LogP contribution in [-0.2, 0) is 9.53 Å². The van der Waals surface area contributed by atoms with E-state index in [0.717, 1.165) is 6.07 Å². The van der Waals surface area contributed by atoms with Gasteiger partial charge in [0.25, 0.3) is 5.91 Å². The number of alkyl halides is 2. The van der Waals surface area contributed by atoms with E-state index in [2.05, 4.69) is 15.6 Å². The van der Waals surface area contributed by atoms with Crippen molar-refractivity contribution < 1.29 is 18.7 Å². The summed E-state index contributed by atoms with van der Waals surface area (Å²) in [5.41, 5.74) is 0.446. The second-order valence-corrected chi connectivity index (χ2v) is 7.03. The van der Waals surface area contributed by atoms with Crippen LogP contribution in [0.25, 0.3) is 5.69 Å². The van der Waals surface area contributed by atoms with Crippen LogP contribution in [0.15, 0.2) is 30.6 Å². The summed E-state index contributed by atoms with van der Waals surface area (Å²) in [6, 6.07) is 4.14. The van der Waals surface area contributed by atoms with E-state index >= 15 is 0 Å². The minimum Gasteiger partial charge on any atom is -0.423 e. The van der Waals surface area contributed by atoms with Crippen molar-refractivity contribution in [2.24, 2.45) is 0 Å². The van der Waals surface area contributed by atoms with Gasteiger partial charge in [-0.1, -0.05) is 28.4 Å². The molecule has 1 fully saturated rings. The van der Waals surface area contributed by atoms with Gasteiger partial charge in [-0.25, -0.2) is 13.9 Å². The van der Waals surface area contributed by atoms with Crippen LogP contribution < -0.4 is 10.2 Å². The SMILES string of the molecule is CC(Cl)(Cl)C(=O)NC1CN(c2ccc(-n3ccnn3)c(F)c2)C(=O)O1. The Hall–Kier alpha value is -2.39. The van der Waals surface area contributed by atoms with Gasteiger partial charge in [-0.2, -0.15) is 0 Å². The zero-order valence-corrected chi connectivity index (χ0v) is 14.3. The lowest BCUT2D eigenvalue weighted by molar-refractivity contribution is -0.123. The Bertz CT molecular complexity index is 809. The summed E-state index contributed by atoms with van der Waals surface area (Å²) in [6.45, 7) is 1.27. The first-order valence-electron chi connectivity index (χ1n) is 7.09. The van der Waals surface area contributed by atoms with Crippen LogP contribution in [-0.4, -0.2) is 44.1 Å². The Kier molecular flexibility index (Phi) is 4.53. The van der Waals surface area contributed by atoms with Crippen molar-refractivity contribution in [2.75, 3.05) is 11.4 Å². The fourth-order valence-corrected chi connectivity index (χ4v) is 2.32. The zero-order valence-electron chi connectivity index (χ0n) is 12.8. The number of ether oxygens (including phenoxy) is 1. The number of hydrogen-bond donors (Lipinski definition) is 1. The second-order valence-electron chi connectivity index (χ2n) is 5.33. The number of carbonyl (C=O) groups is 2. The van der Waals surface area contributed by atoms with E-state index in [1.165, 1.54) is 41.0 Å². The van der Waals surface area contributed by atoms with Gasteiger partial charge in [0.1, 0.15) is 5.69 Å². The number of rotatable bonds is 4. The van der Waals surface area contributed by atoms with E-state index in [9.17, 15) is 14.0 Å². The van der Waals surface area contributed by atoms with Gasteiger partial charge in [0.05, 0.1) is 24.6 Å². The lowest BCUT2D eigenvalue weighted by atomic mass is 10.2. The first kappa shape index (κ1) is 17.4. The zero-order chi connectivity index (χ0) is 18.2. The van der Waals surface area contributed by atoms with Gasteiger partial charge in [0.2, 0.25) is 0 Å². The van der Waals surface area contributed by atoms with E-state index in [0.29, 0.717) is 0 Å². The fraction of sp³-hybridized carbons (Fsp3) is 0.286. The minimum absolute atomic E-state index is 0.0173. The molecule has 0 aliphatic carbocycles. The molecule has 1 aromatic heterocycles. The summed E-state index contributed by atoms with van der Waals surface area (Å²) in [7, 11) is 0. The van der Waals surface area contributed by atoms with Crippen LogP contribution in [0.4, 0.5) is 14.9 Å². The largest absolute Gasteiger partial charge is 0.423 e. The van der Waals surface area contributed by atoms with Crippen molar-refractivity contribution in [1.29, 1.82) is 0 Å². The fourth-order valence-electron chi connectivity index (χ4n) is 2.21. The molecule has 2 aromatic rings. The van der Waals surface area contributed by atoms with E-state index in [1.54, 1.807) is 0 Å². The molecule has 0 bridgehead atoms. The quantitative estimate of drug-likeness (QED) is 0.810. The number of anilines is 1. The minimum atomic E-state index is -1.66. The van der Waals surface area contributed by atoms with E-state index in [1.807, 2.05) is 0 Å². The third-order valence-corrected chi connectivity index (χ3v) is 3.76. The molecule has 132 valence electrons. The molecule has 1 unspecified atom stereocenters. The third kappa shape index (κ3) is 3.67. The Morgan fingerprint density at radius 1 is 1.48 bits per heavy atom. The molecule has 0 radical (unpaired) electrons. The molecule has 11 heteroatoms. The number of amides is 2. The number of halogens is 3. The van der Waals surface area contributed by atoms with Crippen molar-refractivity contribution in [3.63, 3.8) is 0 Å². The Balaban J connectivity index is 1.75. The van der Waals surface area contributed by atoms with Crippen LogP contribution in [0.5, 0.6) is 0 Å². The maximum absolute atomic E-state index is 14.3. The van der Waals surface area contributed by atoms with Crippen molar-refractivity contribution in [1.82, 2.24) is 20.3 Å². The standard InChI is InChI=1S/C14H12Cl2FN5O3/c1-14(15,16)12(23)19-11-7-21(13(24)25-11)8-2-3-10(9(17)6-8)22-5-4-18-20-22/h2-6,11H,7H2,1H3,(H,19,23). The molecular weight excluding hydrogens is 376 g/mol. The molecule has 3 rings (SSSR count). The Morgan fingerprint density at radius 2 is 2.24 bits per heavy atom.